The summed E-state index contributed by atoms with van der Waals surface area (Å²) in [5, 5.41) is -0.317. The van der Waals surface area contributed by atoms with E-state index in [2.05, 4.69) is 57.8 Å². The highest BCUT2D eigenvalue weighted by atomic mass is 79.9. The number of hydrogen-bond acceptors (Lipinski definition) is 2. The van der Waals surface area contributed by atoms with Crippen LogP contribution in [0.5, 0.6) is 0 Å². The third kappa shape index (κ3) is 9.63. The minimum absolute atomic E-state index is 0. The maximum Gasteiger partial charge on any atom is 0.235 e. The van der Waals surface area contributed by atoms with Gasteiger partial charge in [-0.3, -0.25) is 9.59 Å². The molecule has 0 bridgehead atoms. The molecule has 0 saturated carbocycles. The van der Waals surface area contributed by atoms with Gasteiger partial charge in [-0.05, 0) is 55.0 Å². The highest BCUT2D eigenvalue weighted by Crippen LogP contribution is 2.17. The highest BCUT2D eigenvalue weighted by Gasteiger charge is 2.15. The van der Waals surface area contributed by atoms with Crippen LogP contribution in [0.1, 0.15) is 50.8 Å². The molecular weight excluding hydrogens is 443 g/mol. The molecule has 0 aliphatic heterocycles. The lowest BCUT2D eigenvalue weighted by Crippen LogP contribution is -2.16. The zero-order valence-electron chi connectivity index (χ0n) is 13.5. The van der Waals surface area contributed by atoms with Gasteiger partial charge >= 0.3 is 0 Å². The monoisotopic (exact) mass is 468 g/mol. The van der Waals surface area contributed by atoms with Crippen molar-refractivity contribution in [1.29, 1.82) is 0 Å². The predicted octanol–water partition coefficient (Wildman–Crippen LogP) is 6.15. The Morgan fingerprint density at radius 1 is 1.04 bits per heavy atom. The molecule has 23 heavy (non-hydrogen) atoms. The largest absolute Gasteiger partial charge is 0.298 e. The van der Waals surface area contributed by atoms with Gasteiger partial charge in [-0.25, -0.2) is 0 Å². The molecule has 0 aliphatic rings. The number of halogens is 3. The Labute approximate surface area is 162 Å². The zero-order valence-corrected chi connectivity index (χ0v) is 17.4. The quantitative estimate of drug-likeness (QED) is 0.369. The predicted molar refractivity (Wildman–Crippen MR) is 108 cm³/mol. The summed E-state index contributed by atoms with van der Waals surface area (Å²) in [5.41, 5.74) is 3.60. The number of aryl methyl sites for hydroxylation is 2. The van der Waals surface area contributed by atoms with Gasteiger partial charge in [-0.1, -0.05) is 71.3 Å². The minimum Gasteiger partial charge on any atom is -0.298 e. The first kappa shape index (κ1) is 25.1. The van der Waals surface area contributed by atoms with Crippen molar-refractivity contribution in [3.63, 3.8) is 0 Å². The smallest absolute Gasteiger partial charge is 0.235 e. The van der Waals surface area contributed by atoms with Crippen molar-refractivity contribution in [2.45, 2.75) is 64.0 Å². The molecule has 0 N–H and O–H groups in total. The van der Waals surface area contributed by atoms with E-state index in [0.29, 0.717) is 6.42 Å². The minimum atomic E-state index is -0.317. The van der Waals surface area contributed by atoms with Crippen LogP contribution in [0, 0.1) is 13.8 Å². The van der Waals surface area contributed by atoms with Gasteiger partial charge in [0.1, 0.15) is 0 Å². The number of hydrogen-bond donors (Lipinski definition) is 0. The lowest BCUT2D eigenvalue weighted by atomic mass is 9.97. The van der Waals surface area contributed by atoms with Crippen LogP contribution in [0.4, 0.5) is 0 Å². The summed E-state index contributed by atoms with van der Waals surface area (Å²) in [6.07, 6.45) is 2.15. The molecule has 2 atom stereocenters. The van der Waals surface area contributed by atoms with Crippen molar-refractivity contribution < 1.29 is 9.59 Å². The van der Waals surface area contributed by atoms with Gasteiger partial charge in [-0.15, -0.1) is 0 Å². The van der Waals surface area contributed by atoms with E-state index in [0.717, 1.165) is 12.8 Å². The molecule has 2 unspecified atom stereocenters. The van der Waals surface area contributed by atoms with Crippen LogP contribution in [-0.2, 0) is 16.0 Å². The topological polar surface area (TPSA) is 34.1 Å². The van der Waals surface area contributed by atoms with Crippen LogP contribution >= 0.6 is 43.5 Å². The number of benzene rings is 1. The SMILES string of the molecule is C.CCC(Br)C(=O)Cc1c(C)cccc1C.CCC(Br)C(=O)Cl. The first-order valence-corrected chi connectivity index (χ1v) is 9.50. The fourth-order valence-corrected chi connectivity index (χ4v) is 2.12. The van der Waals surface area contributed by atoms with Crippen molar-refractivity contribution >= 4 is 54.5 Å². The number of alkyl halides is 2. The number of ketones is 1. The second-order valence-corrected chi connectivity index (χ2v) is 7.65. The van der Waals surface area contributed by atoms with Crippen LogP contribution in [0.15, 0.2) is 18.2 Å². The molecule has 0 heterocycles. The molecule has 2 nitrogen and oxygen atoms in total. The van der Waals surface area contributed by atoms with Gasteiger partial charge < -0.3 is 0 Å². The van der Waals surface area contributed by atoms with Crippen molar-refractivity contribution in [1.82, 2.24) is 0 Å². The lowest BCUT2D eigenvalue weighted by Gasteiger charge is -2.10. The first-order chi connectivity index (χ1) is 10.2. The maximum absolute atomic E-state index is 11.8. The summed E-state index contributed by atoms with van der Waals surface area (Å²) in [4.78, 5) is 21.7. The van der Waals surface area contributed by atoms with Gasteiger partial charge in [0, 0.05) is 6.42 Å². The van der Waals surface area contributed by atoms with Crippen molar-refractivity contribution in [2.24, 2.45) is 0 Å². The summed E-state index contributed by atoms with van der Waals surface area (Å²) in [5.74, 6) is 0.273. The maximum atomic E-state index is 11.8. The third-order valence-corrected chi connectivity index (χ3v) is 6.06. The average Bonchev–Trinajstić information content (AvgIpc) is 2.49. The summed E-state index contributed by atoms with van der Waals surface area (Å²) >= 11 is 11.5. The molecule has 0 saturated heterocycles. The van der Waals surface area contributed by atoms with Crippen LogP contribution in [0.3, 0.4) is 0 Å². The van der Waals surface area contributed by atoms with Crippen molar-refractivity contribution in [3.8, 4) is 0 Å². The molecule has 0 radical (unpaired) electrons. The summed E-state index contributed by atoms with van der Waals surface area (Å²) < 4.78 is 0. The molecule has 5 heteroatoms. The van der Waals surface area contributed by atoms with E-state index in [-0.39, 0.29) is 28.1 Å². The van der Waals surface area contributed by atoms with E-state index in [4.69, 9.17) is 11.6 Å². The Balaban J connectivity index is 0. The molecule has 1 aromatic rings. The van der Waals surface area contributed by atoms with E-state index >= 15 is 0 Å². The normalized spacial score (nSPS) is 12.3. The third-order valence-electron chi connectivity index (χ3n) is 3.31. The Bertz CT molecular complexity index is 484. The van der Waals surface area contributed by atoms with Crippen LogP contribution < -0.4 is 0 Å². The molecule has 1 rings (SSSR count). The molecule has 0 aromatic heterocycles. The van der Waals surface area contributed by atoms with Crippen molar-refractivity contribution in [2.75, 3.05) is 0 Å². The number of Topliss-reactive ketones (excluding diaryl/α,β-unsaturated/α-hetero) is 1. The zero-order chi connectivity index (χ0) is 17.3. The van der Waals surface area contributed by atoms with Gasteiger partial charge in [-0.2, -0.15) is 0 Å². The second kappa shape index (κ2) is 13.1. The van der Waals surface area contributed by atoms with Gasteiger partial charge in [0.05, 0.1) is 9.65 Å². The van der Waals surface area contributed by atoms with E-state index in [1.807, 2.05) is 19.9 Å². The van der Waals surface area contributed by atoms with Crippen LogP contribution in [-0.4, -0.2) is 20.7 Å². The number of carbonyl (C=O) groups is 2. The van der Waals surface area contributed by atoms with E-state index in [1.54, 1.807) is 0 Å². The Kier molecular flexibility index (Phi) is 14.3. The Hall–Kier alpha value is -0.190. The van der Waals surface area contributed by atoms with E-state index in [1.165, 1.54) is 16.7 Å². The second-order valence-electron chi connectivity index (χ2n) is 5.07. The first-order valence-electron chi connectivity index (χ1n) is 7.29. The molecule has 0 fully saturated rings. The van der Waals surface area contributed by atoms with Crippen molar-refractivity contribution in [3.05, 3.63) is 34.9 Å². The molecule has 132 valence electrons. The van der Waals surface area contributed by atoms with Gasteiger partial charge in [0.2, 0.25) is 5.24 Å². The number of rotatable bonds is 6. The summed E-state index contributed by atoms with van der Waals surface area (Å²) in [6, 6.07) is 6.15. The fraction of sp³-hybridized carbons (Fsp3) is 0.556. The standard InChI is InChI=1S/C13H17BrO.C4H6BrClO.CH4/c1-4-12(14)13(15)8-11-9(2)6-5-7-10(11)3;1-2-3(5)4(6)7;/h5-7,12H,4,8H2,1-3H3;3H,2H2,1H3;1H4. The van der Waals surface area contributed by atoms with E-state index in [9.17, 15) is 9.59 Å². The van der Waals surface area contributed by atoms with Crippen LogP contribution in [0.2, 0.25) is 0 Å². The lowest BCUT2D eigenvalue weighted by molar-refractivity contribution is -0.117. The highest BCUT2D eigenvalue weighted by molar-refractivity contribution is 9.10. The van der Waals surface area contributed by atoms with Crippen LogP contribution in [0.25, 0.3) is 0 Å². The number of carbonyl (C=O) groups excluding carboxylic acids is 2. The summed E-state index contributed by atoms with van der Waals surface area (Å²) in [7, 11) is 0. The van der Waals surface area contributed by atoms with Gasteiger partial charge in [0.25, 0.3) is 0 Å². The molecule has 1 aromatic carbocycles. The molecule has 0 amide bonds. The molecule has 0 spiro atoms. The summed E-state index contributed by atoms with van der Waals surface area (Å²) in [6.45, 7) is 8.03. The average molecular weight is 471 g/mol. The Morgan fingerprint density at radius 3 is 1.78 bits per heavy atom. The molecule has 0 aliphatic carbocycles. The Morgan fingerprint density at radius 2 is 1.48 bits per heavy atom. The van der Waals surface area contributed by atoms with E-state index < -0.39 is 0 Å². The van der Waals surface area contributed by atoms with Gasteiger partial charge in [0.15, 0.2) is 5.78 Å². The molecular formula is C18H27Br2ClO2. The fourth-order valence-electron chi connectivity index (χ4n) is 1.80.